The average Bonchev–Trinajstić information content (AvgIpc) is 2.71. The monoisotopic (exact) mass is 255 g/mol. The van der Waals surface area contributed by atoms with Crippen LogP contribution in [0.4, 0.5) is 5.82 Å². The van der Waals surface area contributed by atoms with Crippen molar-refractivity contribution in [3.63, 3.8) is 0 Å². The van der Waals surface area contributed by atoms with Crippen molar-refractivity contribution in [3.8, 4) is 0 Å². The largest absolute Gasteiger partial charge is 0.383 e. The van der Waals surface area contributed by atoms with Crippen molar-refractivity contribution in [2.75, 3.05) is 11.6 Å². The number of halogens is 1. The molecule has 0 aliphatic rings. The second-order valence-electron chi connectivity index (χ2n) is 3.39. The number of carbonyl (C=O) groups excluding carboxylic acids is 1. The lowest BCUT2D eigenvalue weighted by Crippen LogP contribution is -2.24. The number of hydrogen-bond donors (Lipinski definition) is 2. The molecule has 2 aromatic rings. The van der Waals surface area contributed by atoms with Crippen molar-refractivity contribution >= 4 is 29.0 Å². The summed E-state index contributed by atoms with van der Waals surface area (Å²) in [4.78, 5) is 29.6. The van der Waals surface area contributed by atoms with Gasteiger partial charge < -0.3 is 5.73 Å². The molecule has 90 valence electrons. The fraction of sp³-hybridized carbons (Fsp3) is 0.333. The van der Waals surface area contributed by atoms with Gasteiger partial charge in [0, 0.05) is 6.42 Å². The van der Waals surface area contributed by atoms with E-state index in [1.807, 2.05) is 6.92 Å². The molecule has 0 aliphatic carbocycles. The van der Waals surface area contributed by atoms with Crippen LogP contribution < -0.4 is 11.3 Å². The lowest BCUT2D eigenvalue weighted by Gasteiger charge is -2.02. The second kappa shape index (κ2) is 4.17. The van der Waals surface area contributed by atoms with Crippen molar-refractivity contribution in [1.29, 1.82) is 0 Å². The van der Waals surface area contributed by atoms with Crippen molar-refractivity contribution in [2.45, 2.75) is 13.3 Å². The lowest BCUT2D eigenvalue weighted by molar-refractivity contribution is 0.102. The summed E-state index contributed by atoms with van der Waals surface area (Å²) >= 11 is 5.41. The van der Waals surface area contributed by atoms with Gasteiger partial charge in [0.15, 0.2) is 11.6 Å². The van der Waals surface area contributed by atoms with E-state index in [2.05, 4.69) is 15.1 Å². The van der Waals surface area contributed by atoms with Crippen LogP contribution in [0.25, 0.3) is 5.78 Å². The molecule has 0 saturated carbocycles. The number of aromatic amines is 1. The van der Waals surface area contributed by atoms with Gasteiger partial charge in [-0.25, -0.2) is 0 Å². The number of nitrogens with zero attached hydrogens (tertiary/aromatic N) is 3. The van der Waals surface area contributed by atoms with Crippen molar-refractivity contribution in [3.05, 3.63) is 21.7 Å². The van der Waals surface area contributed by atoms with E-state index in [0.29, 0.717) is 12.2 Å². The Kier molecular flexibility index (Phi) is 2.84. The number of carbonyl (C=O) groups is 1. The topological polar surface area (TPSA) is 106 Å². The first-order chi connectivity index (χ1) is 8.08. The van der Waals surface area contributed by atoms with Gasteiger partial charge in [0.25, 0.3) is 5.56 Å². The molecule has 0 unspecified atom stereocenters. The minimum Gasteiger partial charge on any atom is -0.383 e. The third-order valence-electron chi connectivity index (χ3n) is 2.30. The number of aryl methyl sites for hydroxylation is 1. The molecule has 8 heteroatoms. The van der Waals surface area contributed by atoms with Crippen LogP contribution in [0.15, 0.2) is 4.79 Å². The molecule has 0 saturated heterocycles. The standard InChI is InChI=1S/C9H10ClN5O2/c1-2-5-12-9-13-8(17)6(4(16)3-10)7(11)15(9)14-5/h2-3,11H2,1H3,(H,12,13,14,17). The maximum atomic E-state index is 11.7. The summed E-state index contributed by atoms with van der Waals surface area (Å²) in [5, 5.41) is 4.06. The first-order valence-corrected chi connectivity index (χ1v) is 5.48. The van der Waals surface area contributed by atoms with E-state index in [0.717, 1.165) is 0 Å². The molecule has 0 aromatic carbocycles. The number of ketones is 1. The summed E-state index contributed by atoms with van der Waals surface area (Å²) < 4.78 is 1.24. The zero-order valence-electron chi connectivity index (χ0n) is 9.03. The normalized spacial score (nSPS) is 10.9. The molecule has 3 N–H and O–H groups in total. The number of nitrogen functional groups attached to an aromatic ring is 1. The first kappa shape index (κ1) is 11.6. The van der Waals surface area contributed by atoms with Gasteiger partial charge in [-0.1, -0.05) is 6.92 Å². The molecular weight excluding hydrogens is 246 g/mol. The number of rotatable bonds is 3. The summed E-state index contributed by atoms with van der Waals surface area (Å²) in [5.41, 5.74) is 4.94. The number of H-pyrrole nitrogens is 1. The SMILES string of the molecule is CCc1nc2[nH]c(=O)c(C(=O)CCl)c(N)n2n1. The van der Waals surface area contributed by atoms with Crippen molar-refractivity contribution in [2.24, 2.45) is 0 Å². The Labute approximate surface area is 101 Å². The molecule has 0 spiro atoms. The number of aromatic nitrogens is 4. The van der Waals surface area contributed by atoms with Crippen LogP contribution in [0, 0.1) is 0 Å². The molecule has 17 heavy (non-hydrogen) atoms. The van der Waals surface area contributed by atoms with Crippen molar-refractivity contribution < 1.29 is 4.79 Å². The van der Waals surface area contributed by atoms with Gasteiger partial charge in [-0.2, -0.15) is 9.50 Å². The summed E-state index contributed by atoms with van der Waals surface area (Å²) in [7, 11) is 0. The molecule has 0 aliphatic heterocycles. The van der Waals surface area contributed by atoms with Crippen LogP contribution in [-0.2, 0) is 6.42 Å². The van der Waals surface area contributed by atoms with Crippen LogP contribution in [0.2, 0.25) is 0 Å². The molecule has 7 nitrogen and oxygen atoms in total. The summed E-state index contributed by atoms with van der Waals surface area (Å²) in [6, 6.07) is 0. The van der Waals surface area contributed by atoms with E-state index in [-0.39, 0.29) is 23.0 Å². The molecular formula is C9H10ClN5O2. The smallest absolute Gasteiger partial charge is 0.265 e. The Morgan fingerprint density at radius 3 is 2.88 bits per heavy atom. The quantitative estimate of drug-likeness (QED) is 0.592. The fourth-order valence-electron chi connectivity index (χ4n) is 1.48. The first-order valence-electron chi connectivity index (χ1n) is 4.95. The summed E-state index contributed by atoms with van der Waals surface area (Å²) in [6.45, 7) is 1.87. The number of anilines is 1. The molecule has 0 atom stereocenters. The van der Waals surface area contributed by atoms with Crippen LogP contribution >= 0.6 is 11.6 Å². The van der Waals surface area contributed by atoms with Gasteiger partial charge >= 0.3 is 0 Å². The number of alkyl halides is 1. The van der Waals surface area contributed by atoms with E-state index in [4.69, 9.17) is 17.3 Å². The minimum absolute atomic E-state index is 0.0402. The van der Waals surface area contributed by atoms with E-state index in [9.17, 15) is 9.59 Å². The molecule has 0 amide bonds. The van der Waals surface area contributed by atoms with Crippen LogP contribution in [0.3, 0.4) is 0 Å². The number of Topliss-reactive ketones (excluding diaryl/α,β-unsaturated/α-hetero) is 1. The highest BCUT2D eigenvalue weighted by molar-refractivity contribution is 6.31. The van der Waals surface area contributed by atoms with Crippen LogP contribution in [0.5, 0.6) is 0 Å². The third kappa shape index (κ3) is 1.78. The van der Waals surface area contributed by atoms with Gasteiger partial charge in [-0.15, -0.1) is 16.7 Å². The average molecular weight is 256 g/mol. The molecule has 2 rings (SSSR count). The summed E-state index contributed by atoms with van der Waals surface area (Å²) in [5.74, 6) is -0.144. The maximum absolute atomic E-state index is 11.7. The van der Waals surface area contributed by atoms with Gasteiger partial charge in [0.1, 0.15) is 11.4 Å². The molecule has 0 radical (unpaired) electrons. The highest BCUT2D eigenvalue weighted by Gasteiger charge is 2.18. The van der Waals surface area contributed by atoms with E-state index >= 15 is 0 Å². The zero-order valence-corrected chi connectivity index (χ0v) is 9.78. The van der Waals surface area contributed by atoms with Crippen LogP contribution in [0.1, 0.15) is 23.1 Å². The highest BCUT2D eigenvalue weighted by atomic mass is 35.5. The zero-order chi connectivity index (χ0) is 12.6. The molecule has 2 aromatic heterocycles. The second-order valence-corrected chi connectivity index (χ2v) is 3.66. The molecule has 2 heterocycles. The lowest BCUT2D eigenvalue weighted by atomic mass is 10.2. The predicted octanol–water partition coefficient (Wildman–Crippen LogP) is -0.0163. The Hall–Kier alpha value is -1.89. The van der Waals surface area contributed by atoms with Crippen LogP contribution in [-0.4, -0.2) is 31.2 Å². The minimum atomic E-state index is -0.601. The Morgan fingerprint density at radius 1 is 1.59 bits per heavy atom. The van der Waals surface area contributed by atoms with Gasteiger partial charge in [-0.3, -0.25) is 14.6 Å². The third-order valence-corrected chi connectivity index (χ3v) is 2.55. The Balaban J connectivity index is 2.79. The predicted molar refractivity (Wildman–Crippen MR) is 62.4 cm³/mol. The van der Waals surface area contributed by atoms with Gasteiger partial charge in [0.2, 0.25) is 5.78 Å². The van der Waals surface area contributed by atoms with Gasteiger partial charge in [0.05, 0.1) is 5.88 Å². The fourth-order valence-corrected chi connectivity index (χ4v) is 1.61. The highest BCUT2D eigenvalue weighted by Crippen LogP contribution is 2.09. The Morgan fingerprint density at radius 2 is 2.29 bits per heavy atom. The number of fused-ring (bicyclic) bond motifs is 1. The van der Waals surface area contributed by atoms with Gasteiger partial charge in [-0.05, 0) is 0 Å². The maximum Gasteiger partial charge on any atom is 0.265 e. The van der Waals surface area contributed by atoms with Crippen molar-refractivity contribution in [1.82, 2.24) is 19.6 Å². The number of hydrogen-bond acceptors (Lipinski definition) is 5. The van der Waals surface area contributed by atoms with E-state index < -0.39 is 11.3 Å². The number of nitrogens with two attached hydrogens (primary N) is 1. The number of nitrogens with one attached hydrogen (secondary N) is 1. The van der Waals surface area contributed by atoms with E-state index in [1.54, 1.807) is 0 Å². The molecule has 0 fully saturated rings. The van der Waals surface area contributed by atoms with E-state index in [1.165, 1.54) is 4.52 Å². The molecule has 0 bridgehead atoms. The Bertz CT molecular complexity index is 645. The summed E-state index contributed by atoms with van der Waals surface area (Å²) in [6.07, 6.45) is 0.599.